The van der Waals surface area contributed by atoms with Gasteiger partial charge in [-0.2, -0.15) is 0 Å². The Bertz CT molecular complexity index is 1610. The van der Waals surface area contributed by atoms with Crippen molar-refractivity contribution < 1.29 is 49.3 Å². The Morgan fingerprint density at radius 1 is 0.506 bits per heavy atom. The van der Waals surface area contributed by atoms with Gasteiger partial charge in [-0.3, -0.25) is 9.59 Å². The van der Waals surface area contributed by atoms with Crippen LogP contribution in [0.1, 0.15) is 271 Å². The number of hydrogen-bond acceptors (Lipinski definition) is 10. The molecule has 11 nitrogen and oxygen atoms in total. The van der Waals surface area contributed by atoms with Gasteiger partial charge in [0.15, 0.2) is 12.4 Å². The van der Waals surface area contributed by atoms with Crippen LogP contribution in [0.4, 0.5) is 0 Å². The number of carbonyl (C=O) groups excluding carboxylic acids is 2. The second kappa shape index (κ2) is 55.4. The summed E-state index contributed by atoms with van der Waals surface area (Å²) in [6.45, 7) is 5.66. The maximum Gasteiger partial charge on any atom is 0.306 e. The van der Waals surface area contributed by atoms with Crippen LogP contribution in [-0.2, 0) is 23.8 Å². The van der Waals surface area contributed by atoms with Crippen LogP contribution in [0.25, 0.3) is 0 Å². The zero-order valence-corrected chi connectivity index (χ0v) is 50.5. The number of amides is 1. The van der Waals surface area contributed by atoms with Gasteiger partial charge < -0.3 is 45.1 Å². The molecule has 0 saturated carbocycles. The van der Waals surface area contributed by atoms with Crippen molar-refractivity contribution in [2.75, 3.05) is 13.2 Å². The van der Waals surface area contributed by atoms with E-state index in [9.17, 15) is 35.1 Å². The average Bonchev–Trinajstić information content (AvgIpc) is 3.48. The molecular weight excluding hydrogens is 991 g/mol. The molecule has 6 N–H and O–H groups in total. The van der Waals surface area contributed by atoms with E-state index < -0.39 is 67.4 Å². The maximum absolute atomic E-state index is 13.5. The van der Waals surface area contributed by atoms with Gasteiger partial charge in [0, 0.05) is 6.42 Å². The van der Waals surface area contributed by atoms with Gasteiger partial charge in [-0.25, -0.2) is 0 Å². The summed E-state index contributed by atoms with van der Waals surface area (Å²) in [6.07, 6.45) is 61.9. The molecule has 0 bridgehead atoms. The molecule has 456 valence electrons. The van der Waals surface area contributed by atoms with E-state index in [4.69, 9.17) is 14.2 Å². The molecule has 0 aromatic rings. The summed E-state index contributed by atoms with van der Waals surface area (Å²) >= 11 is 0. The summed E-state index contributed by atoms with van der Waals surface area (Å²) in [4.78, 5) is 26.5. The van der Waals surface area contributed by atoms with Crippen LogP contribution in [0.3, 0.4) is 0 Å². The third kappa shape index (κ3) is 43.2. The lowest BCUT2D eigenvalue weighted by Gasteiger charge is -2.41. The standard InChI is InChI=1S/C68H119NO10/c1-4-7-10-13-16-19-22-25-26-27-28-29-30-31-32-33-34-35-38-40-43-46-49-52-55-61(72)67(76)69-59(60(71)54-51-48-45-42-39-36-23-20-17-14-11-8-5-2)58-77-68-66(65(75)64(74)62(57-70)78-68)79-63(73)56-53-50-47-44-41-37-24-21-18-15-12-9-6-3/h7,10,16,19,25-26,28-29,31-32,37,41,51,54,59-62,64-66,68,70-72,74-75H,4-6,8-9,11-15,17-18,20-24,27,30,33-36,38-40,42-50,52-53,55-58H2,1-3H3,(H,69,76)/b10-7-,19-16-,26-25-,29-28-,32-31-,41-37-,54-51+. The molecule has 0 spiro atoms. The van der Waals surface area contributed by atoms with Crippen LogP contribution in [-0.4, -0.2) is 99.6 Å². The smallest absolute Gasteiger partial charge is 0.306 e. The number of rotatable bonds is 54. The molecule has 1 fully saturated rings. The molecule has 11 heteroatoms. The van der Waals surface area contributed by atoms with Crippen LogP contribution >= 0.6 is 0 Å². The molecule has 1 aliphatic rings. The molecule has 1 saturated heterocycles. The van der Waals surface area contributed by atoms with Crippen LogP contribution in [0.5, 0.6) is 0 Å². The van der Waals surface area contributed by atoms with Gasteiger partial charge in [-0.1, -0.05) is 254 Å². The van der Waals surface area contributed by atoms with Crippen LogP contribution < -0.4 is 5.32 Å². The van der Waals surface area contributed by atoms with E-state index in [1.165, 1.54) is 122 Å². The molecule has 8 unspecified atom stereocenters. The normalized spacial score (nSPS) is 19.4. The second-order valence-corrected chi connectivity index (χ2v) is 22.1. The fourth-order valence-corrected chi connectivity index (χ4v) is 9.67. The molecule has 0 radical (unpaired) electrons. The van der Waals surface area contributed by atoms with E-state index >= 15 is 0 Å². The van der Waals surface area contributed by atoms with Gasteiger partial charge >= 0.3 is 5.97 Å². The van der Waals surface area contributed by atoms with Gasteiger partial charge in [0.05, 0.1) is 25.4 Å². The molecule has 8 atom stereocenters. The number of carbonyl (C=O) groups is 2. The summed E-state index contributed by atoms with van der Waals surface area (Å²) < 4.78 is 17.6. The van der Waals surface area contributed by atoms with Crippen molar-refractivity contribution in [3.63, 3.8) is 0 Å². The largest absolute Gasteiger partial charge is 0.454 e. The minimum Gasteiger partial charge on any atom is -0.454 e. The number of hydrogen-bond donors (Lipinski definition) is 6. The predicted molar refractivity (Wildman–Crippen MR) is 329 cm³/mol. The highest BCUT2D eigenvalue weighted by Crippen LogP contribution is 2.26. The summed E-state index contributed by atoms with van der Waals surface area (Å²) in [5, 5.41) is 57.0. The lowest BCUT2D eigenvalue weighted by molar-refractivity contribution is -0.305. The SMILES string of the molecule is CC/C=C\C/C=C\C/C=C\C/C=C\C/C=C\CCCCCCCCCCC(O)C(=O)NC(COC1OC(CO)C(O)C(O)C1OC(=O)CCCCC/C=C\CCCCCCCC)C(O)/C=C/CCCCCCCCCCCCC. The van der Waals surface area contributed by atoms with Gasteiger partial charge in [0.1, 0.15) is 24.4 Å². The topological polar surface area (TPSA) is 175 Å². The zero-order chi connectivity index (χ0) is 57.5. The van der Waals surface area contributed by atoms with Crippen molar-refractivity contribution in [2.45, 2.75) is 320 Å². The van der Waals surface area contributed by atoms with Crippen molar-refractivity contribution in [1.82, 2.24) is 5.32 Å². The molecule has 0 aromatic heterocycles. The molecule has 1 heterocycles. The number of aliphatic hydroxyl groups is 5. The van der Waals surface area contributed by atoms with Crippen molar-refractivity contribution >= 4 is 11.9 Å². The Hall–Kier alpha value is -3.16. The van der Waals surface area contributed by atoms with Crippen molar-refractivity contribution in [1.29, 1.82) is 0 Å². The number of allylic oxidation sites excluding steroid dienone is 13. The number of ether oxygens (including phenoxy) is 3. The average molecular weight is 1110 g/mol. The Morgan fingerprint density at radius 2 is 0.911 bits per heavy atom. The number of aliphatic hydroxyl groups excluding tert-OH is 5. The molecule has 1 rings (SSSR count). The van der Waals surface area contributed by atoms with E-state index in [1.807, 2.05) is 6.08 Å². The van der Waals surface area contributed by atoms with E-state index in [0.717, 1.165) is 103 Å². The Balaban J connectivity index is 2.65. The van der Waals surface area contributed by atoms with Crippen LogP contribution in [0, 0.1) is 0 Å². The first-order valence-electron chi connectivity index (χ1n) is 32.4. The maximum atomic E-state index is 13.5. The zero-order valence-electron chi connectivity index (χ0n) is 50.5. The van der Waals surface area contributed by atoms with E-state index in [2.05, 4.69) is 99.0 Å². The summed E-state index contributed by atoms with van der Waals surface area (Å²) in [7, 11) is 0. The van der Waals surface area contributed by atoms with Crippen molar-refractivity contribution in [3.05, 3.63) is 85.1 Å². The molecule has 79 heavy (non-hydrogen) atoms. The van der Waals surface area contributed by atoms with Gasteiger partial charge in [-0.15, -0.1) is 0 Å². The Labute approximate surface area is 483 Å². The summed E-state index contributed by atoms with van der Waals surface area (Å²) in [6, 6.07) is -1.03. The highest BCUT2D eigenvalue weighted by molar-refractivity contribution is 5.80. The molecule has 1 aliphatic heterocycles. The fourth-order valence-electron chi connectivity index (χ4n) is 9.67. The minimum absolute atomic E-state index is 0.100. The highest BCUT2D eigenvalue weighted by atomic mass is 16.7. The Kier molecular flexibility index (Phi) is 51.8. The van der Waals surface area contributed by atoms with E-state index in [-0.39, 0.29) is 19.4 Å². The number of esters is 1. The van der Waals surface area contributed by atoms with E-state index in [1.54, 1.807) is 6.08 Å². The first kappa shape index (κ1) is 73.9. The quantitative estimate of drug-likeness (QED) is 0.0195. The van der Waals surface area contributed by atoms with Crippen molar-refractivity contribution in [2.24, 2.45) is 0 Å². The lowest BCUT2D eigenvalue weighted by Crippen LogP contribution is -2.61. The molecular formula is C68H119NO10. The van der Waals surface area contributed by atoms with Gasteiger partial charge in [0.2, 0.25) is 5.91 Å². The van der Waals surface area contributed by atoms with Crippen molar-refractivity contribution in [3.8, 4) is 0 Å². The predicted octanol–water partition coefficient (Wildman–Crippen LogP) is 15.7. The number of unbranched alkanes of at least 4 members (excludes halogenated alkanes) is 28. The molecule has 0 aromatic carbocycles. The van der Waals surface area contributed by atoms with Crippen LogP contribution in [0.15, 0.2) is 85.1 Å². The lowest BCUT2D eigenvalue weighted by atomic mass is 9.99. The summed E-state index contributed by atoms with van der Waals surface area (Å²) in [5.74, 6) is -1.22. The second-order valence-electron chi connectivity index (χ2n) is 22.1. The monoisotopic (exact) mass is 1110 g/mol. The van der Waals surface area contributed by atoms with Gasteiger partial charge in [0.25, 0.3) is 0 Å². The van der Waals surface area contributed by atoms with Gasteiger partial charge in [-0.05, 0) is 96.3 Å². The third-order valence-electron chi connectivity index (χ3n) is 14.8. The first-order chi connectivity index (χ1) is 38.7. The summed E-state index contributed by atoms with van der Waals surface area (Å²) in [5.41, 5.74) is 0. The fraction of sp³-hybridized carbons (Fsp3) is 0.765. The highest BCUT2D eigenvalue weighted by Gasteiger charge is 2.47. The number of nitrogens with one attached hydrogen (secondary N) is 1. The molecule has 1 amide bonds. The Morgan fingerprint density at radius 3 is 1.38 bits per heavy atom. The van der Waals surface area contributed by atoms with E-state index in [0.29, 0.717) is 12.8 Å². The van der Waals surface area contributed by atoms with Crippen LogP contribution in [0.2, 0.25) is 0 Å². The minimum atomic E-state index is -1.62. The first-order valence-corrected chi connectivity index (χ1v) is 32.4. The molecule has 0 aliphatic carbocycles. The third-order valence-corrected chi connectivity index (χ3v) is 14.8.